The summed E-state index contributed by atoms with van der Waals surface area (Å²) in [4.78, 5) is 4.78. The highest BCUT2D eigenvalue weighted by atomic mass is 35.5. The maximum absolute atomic E-state index is 9.90. The van der Waals surface area contributed by atoms with Gasteiger partial charge in [-0.2, -0.15) is 0 Å². The van der Waals surface area contributed by atoms with Crippen LogP contribution in [0.5, 0.6) is 11.5 Å². The zero-order valence-corrected chi connectivity index (χ0v) is 29.4. The van der Waals surface area contributed by atoms with E-state index in [9.17, 15) is 5.11 Å². The van der Waals surface area contributed by atoms with Gasteiger partial charge in [0, 0.05) is 42.3 Å². The molecule has 3 aliphatic rings. The number of rotatable bonds is 10. The van der Waals surface area contributed by atoms with Crippen molar-refractivity contribution >= 4 is 35.4 Å². The highest BCUT2D eigenvalue weighted by Gasteiger charge is 2.27. The minimum absolute atomic E-state index is 0.0331. The highest BCUT2D eigenvalue weighted by molar-refractivity contribution is 6.35. The molecule has 2 fully saturated rings. The average Bonchev–Trinajstić information content (AvgIpc) is 3.84. The Morgan fingerprint density at radius 2 is 1.62 bits per heavy atom. The Labute approximate surface area is 294 Å². The Morgan fingerprint density at radius 1 is 0.833 bits per heavy atom. The molecular formula is C41H44Cl2N2O3. The number of halogens is 2. The molecule has 1 N–H and O–H groups in total. The van der Waals surface area contributed by atoms with Crippen LogP contribution in [-0.2, 0) is 19.5 Å². The summed E-state index contributed by atoms with van der Waals surface area (Å²) in [7, 11) is 1.73. The van der Waals surface area contributed by atoms with Gasteiger partial charge in [0.25, 0.3) is 0 Å². The summed E-state index contributed by atoms with van der Waals surface area (Å²) in [5.41, 5.74) is 10.2. The van der Waals surface area contributed by atoms with Crippen molar-refractivity contribution in [3.63, 3.8) is 0 Å². The van der Waals surface area contributed by atoms with Crippen molar-refractivity contribution in [1.29, 1.82) is 0 Å². The third-order valence-electron chi connectivity index (χ3n) is 10.2. The van der Waals surface area contributed by atoms with Gasteiger partial charge in [-0.25, -0.2) is 0 Å². The van der Waals surface area contributed by atoms with Gasteiger partial charge < -0.3 is 14.6 Å². The second kappa shape index (κ2) is 14.7. The van der Waals surface area contributed by atoms with Crippen molar-refractivity contribution in [3.8, 4) is 22.6 Å². The quantitative estimate of drug-likeness (QED) is 0.169. The molecule has 0 radical (unpaired) electrons. The second-order valence-electron chi connectivity index (χ2n) is 13.5. The number of nitrogens with zero attached hydrogens (tertiary/aromatic N) is 2. The van der Waals surface area contributed by atoms with Crippen LogP contribution in [0, 0.1) is 6.92 Å². The van der Waals surface area contributed by atoms with Crippen molar-refractivity contribution in [3.05, 3.63) is 116 Å². The highest BCUT2D eigenvalue weighted by Crippen LogP contribution is 2.42. The minimum atomic E-state index is -0.198. The number of β-amino-alcohol motifs (C(OH)–C–C–N with tert-alkyl or cyclic N) is 1. The van der Waals surface area contributed by atoms with Crippen molar-refractivity contribution in [1.82, 2.24) is 9.80 Å². The number of fused-ring (bicyclic) bond motifs is 1. The first-order valence-corrected chi connectivity index (χ1v) is 18.0. The molecule has 4 aromatic rings. The third kappa shape index (κ3) is 7.17. The smallest absolute Gasteiger partial charge is 0.139 e. The molecule has 48 heavy (non-hydrogen) atoms. The van der Waals surface area contributed by atoms with E-state index in [-0.39, 0.29) is 12.2 Å². The van der Waals surface area contributed by atoms with E-state index < -0.39 is 0 Å². The Balaban J connectivity index is 1.08. The second-order valence-corrected chi connectivity index (χ2v) is 14.3. The summed E-state index contributed by atoms with van der Waals surface area (Å²) in [5.74, 6) is 1.57. The molecule has 7 heteroatoms. The molecule has 2 atom stereocenters. The van der Waals surface area contributed by atoms with Gasteiger partial charge in [0.05, 0.1) is 18.2 Å². The first-order valence-electron chi connectivity index (χ1n) is 17.2. The van der Waals surface area contributed by atoms with Crippen molar-refractivity contribution < 1.29 is 14.6 Å². The molecule has 0 saturated carbocycles. The van der Waals surface area contributed by atoms with Crippen LogP contribution in [0.3, 0.4) is 0 Å². The van der Waals surface area contributed by atoms with E-state index in [1.165, 1.54) is 29.5 Å². The lowest BCUT2D eigenvalue weighted by Crippen LogP contribution is -2.21. The molecule has 250 valence electrons. The van der Waals surface area contributed by atoms with Gasteiger partial charge in [-0.3, -0.25) is 9.80 Å². The standard InChI is InChI=1S/C41H44Cl2N2O3/c1-27-29(12-13-31-23-40(47-2)32(22-37(31)42)25-44-18-3-4-19-44)7-5-8-34(27)36-9-6-10-39(41(36)43)48-38-16-14-30-21-28(11-15-35(30)38)24-45-20-17-33(46)26-45/h5-13,15,21-23,33,38,46H,3-4,14,16-20,24-26H2,1-2H3/b13-12+/t33-,38?/m1/s1. The first-order chi connectivity index (χ1) is 23.4. The van der Waals surface area contributed by atoms with E-state index >= 15 is 0 Å². The number of ether oxygens (including phenoxy) is 2. The summed E-state index contributed by atoms with van der Waals surface area (Å²) in [5, 5.41) is 11.3. The Morgan fingerprint density at radius 3 is 2.42 bits per heavy atom. The maximum atomic E-state index is 9.90. The molecule has 5 nitrogen and oxygen atoms in total. The van der Waals surface area contributed by atoms with E-state index in [0.717, 1.165) is 103 Å². The van der Waals surface area contributed by atoms with Gasteiger partial charge >= 0.3 is 0 Å². The average molecular weight is 684 g/mol. The number of aliphatic hydroxyl groups excluding tert-OH is 1. The van der Waals surface area contributed by atoms with Gasteiger partial charge in [-0.15, -0.1) is 0 Å². The van der Waals surface area contributed by atoms with Crippen LogP contribution in [0.2, 0.25) is 10.0 Å². The van der Waals surface area contributed by atoms with Crippen LogP contribution < -0.4 is 9.47 Å². The Hall–Kier alpha value is -3.32. The number of likely N-dealkylation sites (tertiary alicyclic amines) is 2. The van der Waals surface area contributed by atoms with Crippen molar-refractivity contribution in [2.24, 2.45) is 0 Å². The monoisotopic (exact) mass is 682 g/mol. The van der Waals surface area contributed by atoms with Gasteiger partial charge in [-0.05, 0) is 109 Å². The number of hydrogen-bond donors (Lipinski definition) is 1. The number of methoxy groups -OCH3 is 1. The topological polar surface area (TPSA) is 45.2 Å². The molecule has 1 unspecified atom stereocenters. The van der Waals surface area contributed by atoms with Crippen LogP contribution in [0.25, 0.3) is 23.3 Å². The fourth-order valence-electron chi connectivity index (χ4n) is 7.57. The molecule has 7 rings (SSSR count). The molecule has 2 saturated heterocycles. The van der Waals surface area contributed by atoms with Crippen LogP contribution in [0.4, 0.5) is 0 Å². The van der Waals surface area contributed by atoms with Crippen LogP contribution in [0.15, 0.2) is 66.7 Å². The molecule has 2 aliphatic heterocycles. The number of benzene rings is 4. The van der Waals surface area contributed by atoms with Crippen molar-refractivity contribution in [2.45, 2.75) is 64.3 Å². The lowest BCUT2D eigenvalue weighted by molar-refractivity contribution is 0.175. The number of aryl methyl sites for hydroxylation is 1. The number of hydrogen-bond acceptors (Lipinski definition) is 5. The molecule has 2 heterocycles. The maximum Gasteiger partial charge on any atom is 0.139 e. The molecule has 0 amide bonds. The summed E-state index contributed by atoms with van der Waals surface area (Å²) in [6, 6.07) is 23.2. The minimum Gasteiger partial charge on any atom is -0.496 e. The predicted octanol–water partition coefficient (Wildman–Crippen LogP) is 9.38. The zero-order chi connectivity index (χ0) is 33.2. The Bertz CT molecular complexity index is 1820. The van der Waals surface area contributed by atoms with Crippen LogP contribution >= 0.6 is 23.2 Å². The predicted molar refractivity (Wildman–Crippen MR) is 197 cm³/mol. The molecule has 1 aliphatic carbocycles. The molecule has 0 aromatic heterocycles. The van der Waals surface area contributed by atoms with E-state index in [1.807, 2.05) is 18.2 Å². The summed E-state index contributed by atoms with van der Waals surface area (Å²) in [6.45, 7) is 7.83. The molecular weight excluding hydrogens is 639 g/mol. The largest absolute Gasteiger partial charge is 0.496 e. The summed E-state index contributed by atoms with van der Waals surface area (Å²) in [6.07, 6.45) is 9.22. The SMILES string of the molecule is COc1cc(/C=C/c2cccc(-c3cccc(OC4CCc5cc(CN6CC[C@@H](O)C6)ccc54)c3Cl)c2C)c(Cl)cc1CN1CCCC1. The van der Waals surface area contributed by atoms with E-state index in [0.29, 0.717) is 10.8 Å². The normalized spacial score (nSPS) is 19.8. The first kappa shape index (κ1) is 33.2. The molecule has 0 bridgehead atoms. The van der Waals surface area contributed by atoms with E-state index in [2.05, 4.69) is 77.4 Å². The molecule has 4 aromatic carbocycles. The summed E-state index contributed by atoms with van der Waals surface area (Å²) >= 11 is 13.9. The lowest BCUT2D eigenvalue weighted by atomic mass is 9.95. The van der Waals surface area contributed by atoms with Crippen LogP contribution in [-0.4, -0.2) is 54.3 Å². The fraction of sp³-hybridized carbons (Fsp3) is 0.366. The van der Waals surface area contributed by atoms with Crippen LogP contribution in [0.1, 0.15) is 70.7 Å². The lowest BCUT2D eigenvalue weighted by Gasteiger charge is -2.19. The van der Waals surface area contributed by atoms with E-state index in [1.54, 1.807) is 7.11 Å². The Kier molecular flexibility index (Phi) is 10.1. The van der Waals surface area contributed by atoms with Gasteiger partial charge in [-0.1, -0.05) is 83.9 Å². The van der Waals surface area contributed by atoms with Gasteiger partial charge in [0.1, 0.15) is 17.6 Å². The summed E-state index contributed by atoms with van der Waals surface area (Å²) < 4.78 is 12.4. The van der Waals surface area contributed by atoms with Gasteiger partial charge in [0.15, 0.2) is 0 Å². The third-order valence-corrected chi connectivity index (χ3v) is 10.9. The number of aliphatic hydroxyl groups is 1. The van der Waals surface area contributed by atoms with E-state index in [4.69, 9.17) is 32.7 Å². The van der Waals surface area contributed by atoms with Crippen molar-refractivity contribution in [2.75, 3.05) is 33.3 Å². The zero-order valence-electron chi connectivity index (χ0n) is 27.9. The van der Waals surface area contributed by atoms with Gasteiger partial charge in [0.2, 0.25) is 0 Å². The fourth-order valence-corrected chi connectivity index (χ4v) is 8.09. The molecule has 0 spiro atoms.